The van der Waals surface area contributed by atoms with Gasteiger partial charge >= 0.3 is 6.03 Å². The number of anilines is 1. The molecule has 0 fully saturated rings. The minimum atomic E-state index is -0.657. The Morgan fingerprint density at radius 2 is 1.65 bits per heavy atom. The van der Waals surface area contributed by atoms with E-state index < -0.39 is 18.0 Å². The van der Waals surface area contributed by atoms with Gasteiger partial charge in [-0.25, -0.2) is 4.79 Å². The molecular weight excluding hydrogens is 290 g/mol. The van der Waals surface area contributed by atoms with Gasteiger partial charge in [0.25, 0.3) is 5.91 Å². The van der Waals surface area contributed by atoms with Crippen LogP contribution in [0.3, 0.4) is 0 Å². The molecule has 0 heterocycles. The number of imide groups is 1. The quantitative estimate of drug-likeness (QED) is 0.813. The van der Waals surface area contributed by atoms with E-state index in [1.54, 1.807) is 0 Å². The van der Waals surface area contributed by atoms with Crippen LogP contribution in [0.1, 0.15) is 22.7 Å². The molecule has 0 bridgehead atoms. The minimum Gasteiger partial charge on any atom is -0.370 e. The molecule has 3 N–H and O–H groups in total. The summed E-state index contributed by atoms with van der Waals surface area (Å²) in [5, 5.41) is 7.91. The second-order valence-corrected chi connectivity index (χ2v) is 5.36. The van der Waals surface area contributed by atoms with Crippen LogP contribution in [0.4, 0.5) is 10.5 Å². The molecule has 5 heteroatoms. The monoisotopic (exact) mass is 311 g/mol. The zero-order valence-corrected chi connectivity index (χ0v) is 13.5. The third-order valence-corrected chi connectivity index (χ3v) is 3.68. The Morgan fingerprint density at radius 3 is 2.26 bits per heavy atom. The molecule has 23 heavy (non-hydrogen) atoms. The van der Waals surface area contributed by atoms with Crippen molar-refractivity contribution in [1.82, 2.24) is 10.6 Å². The highest BCUT2D eigenvalue weighted by Crippen LogP contribution is 2.22. The van der Waals surface area contributed by atoms with Gasteiger partial charge in [0.05, 0.1) is 0 Å². The summed E-state index contributed by atoms with van der Waals surface area (Å²) in [7, 11) is 1.47. The van der Waals surface area contributed by atoms with Gasteiger partial charge in [-0.15, -0.1) is 0 Å². The standard InChI is InChI=1S/C18H21N3O2/c1-12-9-10-15(11-13(12)2)20-16(14-7-5-4-6-8-14)17(22)21-18(23)19-3/h4-11,16,20H,1-3H3,(H2,19,21,22,23). The second kappa shape index (κ2) is 7.45. The number of nitrogens with one attached hydrogen (secondary N) is 3. The van der Waals surface area contributed by atoms with Crippen LogP contribution in [-0.2, 0) is 4.79 Å². The van der Waals surface area contributed by atoms with Crippen LogP contribution in [-0.4, -0.2) is 19.0 Å². The zero-order valence-electron chi connectivity index (χ0n) is 13.5. The van der Waals surface area contributed by atoms with E-state index in [-0.39, 0.29) is 0 Å². The number of amides is 3. The first-order valence-electron chi connectivity index (χ1n) is 7.42. The molecule has 0 saturated heterocycles. The van der Waals surface area contributed by atoms with E-state index in [1.807, 2.05) is 62.4 Å². The molecular formula is C18H21N3O2. The Morgan fingerprint density at radius 1 is 0.957 bits per heavy atom. The fraction of sp³-hybridized carbons (Fsp3) is 0.222. The van der Waals surface area contributed by atoms with Crippen molar-refractivity contribution >= 4 is 17.6 Å². The summed E-state index contributed by atoms with van der Waals surface area (Å²) in [6.45, 7) is 4.05. The Kier molecular flexibility index (Phi) is 5.36. The van der Waals surface area contributed by atoms with E-state index in [2.05, 4.69) is 16.0 Å². The molecule has 3 amide bonds. The SMILES string of the molecule is CNC(=O)NC(=O)C(Nc1ccc(C)c(C)c1)c1ccccc1. The van der Waals surface area contributed by atoms with E-state index in [0.717, 1.165) is 16.8 Å². The Bertz CT molecular complexity index is 699. The first-order chi connectivity index (χ1) is 11.0. The van der Waals surface area contributed by atoms with Gasteiger partial charge in [-0.1, -0.05) is 36.4 Å². The van der Waals surface area contributed by atoms with Gasteiger partial charge in [0.1, 0.15) is 6.04 Å². The van der Waals surface area contributed by atoms with Crippen molar-refractivity contribution in [2.24, 2.45) is 0 Å². The topological polar surface area (TPSA) is 70.2 Å². The molecule has 0 saturated carbocycles. The smallest absolute Gasteiger partial charge is 0.321 e. The lowest BCUT2D eigenvalue weighted by Crippen LogP contribution is -2.42. The number of hydrogen-bond acceptors (Lipinski definition) is 3. The number of hydrogen-bond donors (Lipinski definition) is 3. The fourth-order valence-electron chi connectivity index (χ4n) is 2.19. The fourth-order valence-corrected chi connectivity index (χ4v) is 2.19. The number of aryl methyl sites for hydroxylation is 2. The Hall–Kier alpha value is -2.82. The van der Waals surface area contributed by atoms with E-state index in [4.69, 9.17) is 0 Å². The molecule has 0 aromatic heterocycles. The van der Waals surface area contributed by atoms with Gasteiger partial charge in [-0.2, -0.15) is 0 Å². The maximum Gasteiger partial charge on any atom is 0.321 e. The first kappa shape index (κ1) is 16.5. The van der Waals surface area contributed by atoms with Crippen molar-refractivity contribution in [3.63, 3.8) is 0 Å². The summed E-state index contributed by atoms with van der Waals surface area (Å²) in [4.78, 5) is 23.9. The number of carbonyl (C=O) groups excluding carboxylic acids is 2. The summed E-state index contributed by atoms with van der Waals surface area (Å²) in [5.41, 5.74) is 3.93. The number of urea groups is 1. The highest BCUT2D eigenvalue weighted by atomic mass is 16.2. The average molecular weight is 311 g/mol. The normalized spacial score (nSPS) is 11.4. The lowest BCUT2D eigenvalue weighted by Gasteiger charge is -2.20. The molecule has 5 nitrogen and oxygen atoms in total. The predicted molar refractivity (Wildman–Crippen MR) is 91.3 cm³/mol. The minimum absolute atomic E-state index is 0.409. The van der Waals surface area contributed by atoms with Gasteiger partial charge < -0.3 is 10.6 Å². The molecule has 2 aromatic carbocycles. The molecule has 0 radical (unpaired) electrons. The highest BCUT2D eigenvalue weighted by molar-refractivity contribution is 5.98. The van der Waals surface area contributed by atoms with Crippen molar-refractivity contribution in [1.29, 1.82) is 0 Å². The molecule has 2 rings (SSSR count). The van der Waals surface area contributed by atoms with Gasteiger partial charge in [0, 0.05) is 12.7 Å². The molecule has 0 spiro atoms. The predicted octanol–water partition coefficient (Wildman–Crippen LogP) is 2.91. The molecule has 2 aromatic rings. The third kappa shape index (κ3) is 4.32. The largest absolute Gasteiger partial charge is 0.370 e. The van der Waals surface area contributed by atoms with Crippen LogP contribution in [0.15, 0.2) is 48.5 Å². The summed E-state index contributed by atoms with van der Waals surface area (Å²) < 4.78 is 0. The van der Waals surface area contributed by atoms with Crippen molar-refractivity contribution < 1.29 is 9.59 Å². The molecule has 1 atom stereocenters. The van der Waals surface area contributed by atoms with Gasteiger partial charge in [0.2, 0.25) is 0 Å². The molecule has 1 unspecified atom stereocenters. The lowest BCUT2D eigenvalue weighted by atomic mass is 10.0. The van der Waals surface area contributed by atoms with Crippen molar-refractivity contribution in [3.8, 4) is 0 Å². The highest BCUT2D eigenvalue weighted by Gasteiger charge is 2.22. The van der Waals surface area contributed by atoms with Crippen molar-refractivity contribution in [2.75, 3.05) is 12.4 Å². The van der Waals surface area contributed by atoms with Crippen LogP contribution in [0, 0.1) is 13.8 Å². The van der Waals surface area contributed by atoms with Crippen LogP contribution < -0.4 is 16.0 Å². The zero-order chi connectivity index (χ0) is 16.8. The Balaban J connectivity index is 2.28. The van der Waals surface area contributed by atoms with Crippen LogP contribution >= 0.6 is 0 Å². The van der Waals surface area contributed by atoms with E-state index >= 15 is 0 Å². The van der Waals surface area contributed by atoms with Gasteiger partial charge in [-0.05, 0) is 42.7 Å². The lowest BCUT2D eigenvalue weighted by molar-refractivity contribution is -0.120. The molecule has 0 aliphatic carbocycles. The number of rotatable bonds is 4. The van der Waals surface area contributed by atoms with E-state index in [0.29, 0.717) is 0 Å². The summed E-state index contributed by atoms with van der Waals surface area (Å²) in [6, 6.07) is 14.0. The molecule has 120 valence electrons. The van der Waals surface area contributed by atoms with Crippen LogP contribution in [0.25, 0.3) is 0 Å². The summed E-state index contributed by atoms with van der Waals surface area (Å²) in [5.74, 6) is -0.409. The maximum absolute atomic E-state index is 12.4. The van der Waals surface area contributed by atoms with Crippen LogP contribution in [0.5, 0.6) is 0 Å². The summed E-state index contributed by atoms with van der Waals surface area (Å²) in [6.07, 6.45) is 0. The van der Waals surface area contributed by atoms with Crippen molar-refractivity contribution in [2.45, 2.75) is 19.9 Å². The second-order valence-electron chi connectivity index (χ2n) is 5.36. The third-order valence-electron chi connectivity index (χ3n) is 3.68. The van der Waals surface area contributed by atoms with E-state index in [1.165, 1.54) is 12.6 Å². The van der Waals surface area contributed by atoms with Gasteiger partial charge in [-0.3, -0.25) is 10.1 Å². The summed E-state index contributed by atoms with van der Waals surface area (Å²) >= 11 is 0. The average Bonchev–Trinajstić information content (AvgIpc) is 2.56. The maximum atomic E-state index is 12.4. The number of carbonyl (C=O) groups is 2. The Labute approximate surface area is 136 Å². The van der Waals surface area contributed by atoms with Crippen molar-refractivity contribution in [3.05, 3.63) is 65.2 Å². The van der Waals surface area contributed by atoms with Crippen LogP contribution in [0.2, 0.25) is 0 Å². The number of benzene rings is 2. The van der Waals surface area contributed by atoms with E-state index in [9.17, 15) is 9.59 Å². The first-order valence-corrected chi connectivity index (χ1v) is 7.42. The molecule has 0 aliphatic heterocycles. The van der Waals surface area contributed by atoms with Gasteiger partial charge in [0.15, 0.2) is 0 Å². The molecule has 0 aliphatic rings.